The third kappa shape index (κ3) is 2.88. The Kier molecular flexibility index (Phi) is 3.53. The minimum absolute atomic E-state index is 0.0245. The maximum Gasteiger partial charge on any atom is 0.437 e. The number of hydrogen-bond acceptors (Lipinski definition) is 5. The molecule has 0 saturated carbocycles. The van der Waals surface area contributed by atoms with Gasteiger partial charge in [0.05, 0.1) is 18.3 Å². The summed E-state index contributed by atoms with van der Waals surface area (Å²) >= 11 is 0. The number of imidazole rings is 1. The van der Waals surface area contributed by atoms with Crippen molar-refractivity contribution in [1.82, 2.24) is 19.3 Å². The highest BCUT2D eigenvalue weighted by Crippen LogP contribution is 2.46. The quantitative estimate of drug-likeness (QED) is 0.841. The summed E-state index contributed by atoms with van der Waals surface area (Å²) in [6.45, 7) is -0.0830. The van der Waals surface area contributed by atoms with Crippen molar-refractivity contribution in [3.8, 4) is 0 Å². The van der Waals surface area contributed by atoms with Crippen molar-refractivity contribution in [1.29, 1.82) is 0 Å². The summed E-state index contributed by atoms with van der Waals surface area (Å²) in [5.74, 6) is 0.151. The lowest BCUT2D eigenvalue weighted by molar-refractivity contribution is -0.166. The zero-order chi connectivity index (χ0) is 16.7. The fourth-order valence-electron chi connectivity index (χ4n) is 2.16. The summed E-state index contributed by atoms with van der Waals surface area (Å²) < 4.78 is 39.8. The lowest BCUT2D eigenvalue weighted by Gasteiger charge is -2.20. The first-order valence-corrected chi connectivity index (χ1v) is 6.84. The van der Waals surface area contributed by atoms with Gasteiger partial charge in [0.2, 0.25) is 11.7 Å². The van der Waals surface area contributed by atoms with Crippen LogP contribution in [0.5, 0.6) is 0 Å². The molecule has 0 saturated heterocycles. The molecule has 2 aromatic rings. The van der Waals surface area contributed by atoms with Crippen molar-refractivity contribution in [2.24, 2.45) is 10.2 Å². The fourth-order valence-corrected chi connectivity index (χ4v) is 2.16. The molecule has 1 amide bonds. The van der Waals surface area contributed by atoms with Gasteiger partial charge in [0.25, 0.3) is 5.66 Å². The monoisotopic (exact) mass is 326 g/mol. The Morgan fingerprint density at radius 1 is 1.35 bits per heavy atom. The van der Waals surface area contributed by atoms with Gasteiger partial charge in [0, 0.05) is 32.4 Å². The van der Waals surface area contributed by atoms with Gasteiger partial charge in [-0.05, 0) is 6.07 Å². The number of likely N-dealkylation sites (N-methyl/N-ethyl adjacent to an activating group) is 1. The zero-order valence-electron chi connectivity index (χ0n) is 12.2. The van der Waals surface area contributed by atoms with Crippen molar-refractivity contribution >= 4 is 11.7 Å². The van der Waals surface area contributed by atoms with Gasteiger partial charge in [-0.3, -0.25) is 9.20 Å². The van der Waals surface area contributed by atoms with Gasteiger partial charge in [-0.25, -0.2) is 9.97 Å². The van der Waals surface area contributed by atoms with Crippen LogP contribution in [0, 0.1) is 0 Å². The van der Waals surface area contributed by atoms with Crippen LogP contribution in [0.2, 0.25) is 0 Å². The Morgan fingerprint density at radius 3 is 2.74 bits per heavy atom. The highest BCUT2D eigenvalue weighted by molar-refractivity contribution is 5.78. The molecule has 10 heteroatoms. The van der Waals surface area contributed by atoms with Crippen molar-refractivity contribution in [2.75, 3.05) is 13.6 Å². The number of amides is 1. The van der Waals surface area contributed by atoms with E-state index in [2.05, 4.69) is 20.2 Å². The van der Waals surface area contributed by atoms with E-state index >= 15 is 0 Å². The number of alkyl halides is 3. The van der Waals surface area contributed by atoms with Crippen LogP contribution in [-0.2, 0) is 11.2 Å². The summed E-state index contributed by atoms with van der Waals surface area (Å²) in [7, 11) is 1.45. The zero-order valence-corrected chi connectivity index (χ0v) is 12.2. The third-order valence-electron chi connectivity index (χ3n) is 3.71. The summed E-state index contributed by atoms with van der Waals surface area (Å²) in [5, 5.41) is 6.19. The summed E-state index contributed by atoms with van der Waals surface area (Å²) in [5.41, 5.74) is -1.70. The molecular formula is C13H13F3N6O. The van der Waals surface area contributed by atoms with Crippen molar-refractivity contribution in [3.63, 3.8) is 0 Å². The van der Waals surface area contributed by atoms with E-state index in [9.17, 15) is 18.0 Å². The molecule has 1 aliphatic heterocycles. The van der Waals surface area contributed by atoms with Gasteiger partial charge in [0.15, 0.2) is 0 Å². The number of fused-ring (bicyclic) bond motifs is 1. The van der Waals surface area contributed by atoms with Crippen LogP contribution in [0.3, 0.4) is 0 Å². The number of nitrogens with zero attached hydrogens (tertiary/aromatic N) is 6. The average Bonchev–Trinajstić information content (AvgIpc) is 3.21. The van der Waals surface area contributed by atoms with Gasteiger partial charge in [-0.2, -0.15) is 13.2 Å². The second kappa shape index (κ2) is 5.28. The Labute approximate surface area is 128 Å². The summed E-state index contributed by atoms with van der Waals surface area (Å²) in [4.78, 5) is 21.5. The van der Waals surface area contributed by atoms with Crippen LogP contribution < -0.4 is 0 Å². The normalized spacial score (nSPS) is 15.8. The number of halogens is 3. The summed E-state index contributed by atoms with van der Waals surface area (Å²) in [6.07, 6.45) is -0.0248. The van der Waals surface area contributed by atoms with Crippen LogP contribution >= 0.6 is 0 Å². The third-order valence-corrected chi connectivity index (χ3v) is 3.71. The molecule has 7 nitrogen and oxygen atoms in total. The lowest BCUT2D eigenvalue weighted by Crippen LogP contribution is -2.38. The highest BCUT2D eigenvalue weighted by atomic mass is 19.4. The molecule has 0 radical (unpaired) electrons. The first-order valence-electron chi connectivity index (χ1n) is 6.84. The molecule has 0 unspecified atom stereocenters. The maximum absolute atomic E-state index is 12.7. The minimum atomic E-state index is -4.51. The van der Waals surface area contributed by atoms with Crippen LogP contribution in [0.4, 0.5) is 13.2 Å². The Balaban J connectivity index is 1.60. The Morgan fingerprint density at radius 2 is 2.09 bits per heavy atom. The first-order chi connectivity index (χ1) is 10.8. The molecule has 0 atom stereocenters. The molecule has 0 spiro atoms. The minimum Gasteiger partial charge on any atom is -0.345 e. The van der Waals surface area contributed by atoms with E-state index in [1.165, 1.54) is 18.1 Å². The molecule has 0 N–H and O–H groups in total. The van der Waals surface area contributed by atoms with Gasteiger partial charge in [0.1, 0.15) is 0 Å². The van der Waals surface area contributed by atoms with Gasteiger partial charge >= 0.3 is 6.18 Å². The van der Waals surface area contributed by atoms with Crippen LogP contribution in [0.25, 0.3) is 5.78 Å². The highest BCUT2D eigenvalue weighted by Gasteiger charge is 2.63. The predicted molar refractivity (Wildman–Crippen MR) is 72.6 cm³/mol. The smallest absolute Gasteiger partial charge is 0.345 e. The van der Waals surface area contributed by atoms with E-state index in [-0.39, 0.29) is 25.3 Å². The van der Waals surface area contributed by atoms with E-state index in [4.69, 9.17) is 0 Å². The number of carbonyl (C=O) groups is 1. The van der Waals surface area contributed by atoms with E-state index in [1.54, 1.807) is 22.9 Å². The lowest BCUT2D eigenvalue weighted by atomic mass is 10.1. The van der Waals surface area contributed by atoms with E-state index in [0.29, 0.717) is 11.5 Å². The summed E-state index contributed by atoms with van der Waals surface area (Å²) in [6, 6.07) is 1.70. The van der Waals surface area contributed by atoms with Crippen LogP contribution in [-0.4, -0.2) is 50.6 Å². The second-order valence-corrected chi connectivity index (χ2v) is 5.30. The van der Waals surface area contributed by atoms with E-state index in [1.807, 2.05) is 0 Å². The predicted octanol–water partition coefficient (Wildman–Crippen LogP) is 1.84. The Bertz CT molecular complexity index is 762. The van der Waals surface area contributed by atoms with Crippen molar-refractivity contribution in [2.45, 2.75) is 24.7 Å². The molecule has 122 valence electrons. The fraction of sp³-hybridized carbons (Fsp3) is 0.462. The second-order valence-electron chi connectivity index (χ2n) is 5.30. The standard InChI is InChI=1S/C13H13F3N6O/c1-21(6-3-12(19-20-12)13(14,15)16)10(23)7-9-8-18-11-17-4-2-5-22(9)11/h2,4-5,8H,3,6-7H2,1H3. The van der Waals surface area contributed by atoms with Gasteiger partial charge in [-0.15, -0.1) is 10.2 Å². The van der Waals surface area contributed by atoms with E-state index < -0.39 is 11.8 Å². The number of carbonyl (C=O) groups excluding carboxylic acids is 1. The van der Waals surface area contributed by atoms with Crippen molar-refractivity contribution in [3.05, 3.63) is 30.4 Å². The van der Waals surface area contributed by atoms with Crippen LogP contribution in [0.15, 0.2) is 34.9 Å². The number of aromatic nitrogens is 3. The molecular weight excluding hydrogens is 313 g/mol. The topological polar surface area (TPSA) is 75.2 Å². The SMILES string of the molecule is CN(CCC1(C(F)(F)F)N=N1)C(=O)Cc1cnc2ncccn12. The molecule has 2 aromatic heterocycles. The molecule has 0 fully saturated rings. The van der Waals surface area contributed by atoms with Gasteiger partial charge < -0.3 is 4.90 Å². The molecule has 1 aliphatic rings. The number of hydrogen-bond donors (Lipinski definition) is 0. The Hall–Kier alpha value is -2.52. The van der Waals surface area contributed by atoms with Crippen LogP contribution in [0.1, 0.15) is 12.1 Å². The maximum atomic E-state index is 12.7. The van der Waals surface area contributed by atoms with E-state index in [0.717, 1.165) is 0 Å². The van der Waals surface area contributed by atoms with Crippen molar-refractivity contribution < 1.29 is 18.0 Å². The molecule has 3 heterocycles. The largest absolute Gasteiger partial charge is 0.437 e. The molecule has 0 aromatic carbocycles. The first kappa shape index (κ1) is 15.4. The molecule has 0 bridgehead atoms. The molecule has 3 rings (SSSR count). The van der Waals surface area contributed by atoms with Gasteiger partial charge in [-0.1, -0.05) is 0 Å². The number of rotatable bonds is 5. The average molecular weight is 326 g/mol. The molecule has 0 aliphatic carbocycles. The molecule has 23 heavy (non-hydrogen) atoms.